The second kappa shape index (κ2) is 4.79. The van der Waals surface area contributed by atoms with Crippen molar-refractivity contribution in [2.75, 3.05) is 0 Å². The largest absolute Gasteiger partial charge is 0.329 e. The van der Waals surface area contributed by atoms with E-state index in [-0.39, 0.29) is 0 Å². The van der Waals surface area contributed by atoms with Gasteiger partial charge in [-0.3, -0.25) is 0 Å². The van der Waals surface area contributed by atoms with Crippen LogP contribution in [-0.4, -0.2) is 24.3 Å². The molecule has 3 rings (SSSR count). The molecule has 2 aromatic heterocycles. The molecule has 0 atom stereocenters. The number of fused-ring (bicyclic) bond motifs is 1. The molecule has 0 amide bonds. The highest BCUT2D eigenvalue weighted by atomic mass is 35.5. The number of rotatable bonds is 3. The molecule has 2 heterocycles. The summed E-state index contributed by atoms with van der Waals surface area (Å²) in [6.07, 6.45) is 1.72. The van der Waals surface area contributed by atoms with E-state index in [2.05, 4.69) is 22.1 Å². The van der Waals surface area contributed by atoms with Crippen LogP contribution in [0.2, 0.25) is 5.02 Å². The molecular formula is C12H12ClN5S. The number of H-pyrrole nitrogens is 1. The lowest BCUT2D eigenvalue weighted by atomic mass is 10.3. The Kier molecular flexibility index (Phi) is 3.12. The van der Waals surface area contributed by atoms with Crippen molar-refractivity contribution in [3.63, 3.8) is 0 Å². The van der Waals surface area contributed by atoms with Gasteiger partial charge in [0.2, 0.25) is 0 Å². The topological polar surface area (TPSA) is 51.4 Å². The molecule has 1 aromatic carbocycles. The zero-order valence-electron chi connectivity index (χ0n) is 10.3. The van der Waals surface area contributed by atoms with Crippen molar-refractivity contribution in [2.45, 2.75) is 20.0 Å². The van der Waals surface area contributed by atoms with Gasteiger partial charge in [-0.05, 0) is 31.3 Å². The second-order valence-electron chi connectivity index (χ2n) is 4.18. The van der Waals surface area contributed by atoms with Crippen LogP contribution in [0.15, 0.2) is 24.5 Å². The summed E-state index contributed by atoms with van der Waals surface area (Å²) < 4.78 is 4.60. The van der Waals surface area contributed by atoms with E-state index in [0.717, 1.165) is 23.4 Å². The molecule has 0 saturated heterocycles. The minimum atomic E-state index is 0.576. The van der Waals surface area contributed by atoms with Crippen LogP contribution < -0.4 is 0 Å². The molecule has 0 unspecified atom stereocenters. The Hall–Kier alpha value is -1.66. The highest BCUT2D eigenvalue weighted by Gasteiger charge is 2.10. The molecule has 19 heavy (non-hydrogen) atoms. The average Bonchev–Trinajstić information content (AvgIpc) is 2.97. The van der Waals surface area contributed by atoms with Crippen molar-refractivity contribution in [2.24, 2.45) is 0 Å². The number of nitrogens with one attached hydrogen (secondary N) is 1. The summed E-state index contributed by atoms with van der Waals surface area (Å²) in [6, 6.07) is 5.74. The van der Waals surface area contributed by atoms with Gasteiger partial charge in [-0.2, -0.15) is 0 Å². The lowest BCUT2D eigenvalue weighted by molar-refractivity contribution is 0.655. The lowest BCUT2D eigenvalue weighted by Gasteiger charge is -2.05. The van der Waals surface area contributed by atoms with Crippen LogP contribution in [-0.2, 0) is 13.1 Å². The minimum Gasteiger partial charge on any atom is -0.329 e. The Balaban J connectivity index is 2.13. The van der Waals surface area contributed by atoms with E-state index < -0.39 is 0 Å². The maximum absolute atomic E-state index is 6.16. The molecule has 5 nitrogen and oxygen atoms in total. The quantitative estimate of drug-likeness (QED) is 0.755. The third-order valence-corrected chi connectivity index (χ3v) is 3.73. The Labute approximate surface area is 119 Å². The van der Waals surface area contributed by atoms with Gasteiger partial charge in [0.15, 0.2) is 10.6 Å². The van der Waals surface area contributed by atoms with E-state index in [9.17, 15) is 0 Å². The summed E-state index contributed by atoms with van der Waals surface area (Å²) in [5, 5.41) is 8.73. The standard InChI is InChI=1S/C12H12ClN5S/c1-2-17-7-14-16-10(17)6-18-9-5-3-4-8(13)11(9)15-12(18)19/h3-5,7H,2,6H2,1H3,(H,15,19). The van der Waals surface area contributed by atoms with Gasteiger partial charge in [0.25, 0.3) is 0 Å². The fraction of sp³-hybridized carbons (Fsp3) is 0.250. The maximum atomic E-state index is 6.16. The van der Waals surface area contributed by atoms with Crippen LogP contribution in [0.3, 0.4) is 0 Å². The normalized spacial score (nSPS) is 11.3. The highest BCUT2D eigenvalue weighted by Crippen LogP contribution is 2.23. The number of nitrogens with zero attached hydrogens (tertiary/aromatic N) is 4. The molecule has 0 aliphatic rings. The van der Waals surface area contributed by atoms with E-state index in [4.69, 9.17) is 23.8 Å². The van der Waals surface area contributed by atoms with Crippen LogP contribution >= 0.6 is 23.8 Å². The van der Waals surface area contributed by atoms with Crippen molar-refractivity contribution in [3.8, 4) is 0 Å². The number of hydrogen-bond acceptors (Lipinski definition) is 3. The summed E-state index contributed by atoms with van der Waals surface area (Å²) in [7, 11) is 0. The molecule has 0 radical (unpaired) electrons. The smallest absolute Gasteiger partial charge is 0.178 e. The molecule has 0 saturated carbocycles. The van der Waals surface area contributed by atoms with Crippen LogP contribution in [0.5, 0.6) is 0 Å². The SMILES string of the molecule is CCn1cnnc1Cn1c(=S)[nH]c2c(Cl)cccc21. The third-order valence-electron chi connectivity index (χ3n) is 3.10. The van der Waals surface area contributed by atoms with Gasteiger partial charge in [0.1, 0.15) is 6.33 Å². The van der Waals surface area contributed by atoms with Crippen LogP contribution in [0.1, 0.15) is 12.7 Å². The van der Waals surface area contributed by atoms with Crippen molar-refractivity contribution in [1.29, 1.82) is 0 Å². The van der Waals surface area contributed by atoms with E-state index in [1.165, 1.54) is 0 Å². The summed E-state index contributed by atoms with van der Waals surface area (Å²) in [6.45, 7) is 3.46. The van der Waals surface area contributed by atoms with E-state index in [0.29, 0.717) is 16.3 Å². The van der Waals surface area contributed by atoms with Crippen LogP contribution in [0.25, 0.3) is 11.0 Å². The number of para-hydroxylation sites is 1. The zero-order chi connectivity index (χ0) is 13.4. The first kappa shape index (κ1) is 12.4. The average molecular weight is 294 g/mol. The lowest BCUT2D eigenvalue weighted by Crippen LogP contribution is -2.07. The number of hydrogen-bond donors (Lipinski definition) is 1. The van der Waals surface area contributed by atoms with E-state index >= 15 is 0 Å². The Morgan fingerprint density at radius 2 is 2.26 bits per heavy atom. The highest BCUT2D eigenvalue weighted by molar-refractivity contribution is 7.71. The predicted molar refractivity (Wildman–Crippen MR) is 76.9 cm³/mol. The maximum Gasteiger partial charge on any atom is 0.178 e. The fourth-order valence-electron chi connectivity index (χ4n) is 2.11. The Morgan fingerprint density at radius 3 is 3.05 bits per heavy atom. The molecule has 0 aliphatic carbocycles. The first-order chi connectivity index (χ1) is 9.20. The summed E-state index contributed by atoms with van der Waals surface area (Å²) in [5.41, 5.74) is 1.83. The zero-order valence-corrected chi connectivity index (χ0v) is 11.9. The summed E-state index contributed by atoms with van der Waals surface area (Å²) >= 11 is 11.5. The molecule has 0 bridgehead atoms. The van der Waals surface area contributed by atoms with Gasteiger partial charge in [-0.1, -0.05) is 17.7 Å². The van der Waals surface area contributed by atoms with Crippen molar-refractivity contribution in [1.82, 2.24) is 24.3 Å². The third kappa shape index (κ3) is 2.06. The fourth-order valence-corrected chi connectivity index (χ4v) is 2.59. The summed E-state index contributed by atoms with van der Waals surface area (Å²) in [5.74, 6) is 0.875. The van der Waals surface area contributed by atoms with Crippen LogP contribution in [0.4, 0.5) is 0 Å². The Morgan fingerprint density at radius 1 is 1.42 bits per heavy atom. The Bertz CT molecular complexity index is 785. The number of aromatic nitrogens is 5. The van der Waals surface area contributed by atoms with Gasteiger partial charge in [0.05, 0.1) is 22.6 Å². The first-order valence-corrected chi connectivity index (χ1v) is 6.73. The monoisotopic (exact) mass is 293 g/mol. The first-order valence-electron chi connectivity index (χ1n) is 5.94. The molecule has 0 aliphatic heterocycles. The number of benzene rings is 1. The minimum absolute atomic E-state index is 0.576. The van der Waals surface area contributed by atoms with Gasteiger partial charge in [-0.25, -0.2) is 0 Å². The van der Waals surface area contributed by atoms with Crippen molar-refractivity contribution >= 4 is 34.9 Å². The van der Waals surface area contributed by atoms with Crippen LogP contribution in [0, 0.1) is 4.77 Å². The van der Waals surface area contributed by atoms with E-state index in [1.807, 2.05) is 27.3 Å². The van der Waals surface area contributed by atoms with Gasteiger partial charge in [0, 0.05) is 6.54 Å². The van der Waals surface area contributed by atoms with Gasteiger partial charge < -0.3 is 14.1 Å². The van der Waals surface area contributed by atoms with Gasteiger partial charge >= 0.3 is 0 Å². The van der Waals surface area contributed by atoms with Gasteiger partial charge in [-0.15, -0.1) is 10.2 Å². The van der Waals surface area contributed by atoms with Crippen molar-refractivity contribution in [3.05, 3.63) is 40.1 Å². The molecule has 0 spiro atoms. The van der Waals surface area contributed by atoms with Crippen molar-refractivity contribution < 1.29 is 0 Å². The molecule has 0 fully saturated rings. The molecule has 3 aromatic rings. The number of imidazole rings is 1. The molecular weight excluding hydrogens is 282 g/mol. The number of halogens is 1. The predicted octanol–water partition coefficient (Wildman–Crippen LogP) is 3.01. The second-order valence-corrected chi connectivity index (χ2v) is 4.98. The molecule has 1 N–H and O–H groups in total. The summed E-state index contributed by atoms with van der Waals surface area (Å²) in [4.78, 5) is 3.13. The number of aromatic amines is 1. The number of aryl methyl sites for hydroxylation is 1. The molecule has 7 heteroatoms. The van der Waals surface area contributed by atoms with E-state index in [1.54, 1.807) is 6.33 Å². The molecule has 98 valence electrons.